The summed E-state index contributed by atoms with van der Waals surface area (Å²) in [6.07, 6.45) is 6.45. The van der Waals surface area contributed by atoms with Gasteiger partial charge in [-0.1, -0.05) is 18.2 Å². The van der Waals surface area contributed by atoms with E-state index in [1.807, 2.05) is 18.2 Å². The predicted octanol–water partition coefficient (Wildman–Crippen LogP) is 3.22. The highest BCUT2D eigenvalue weighted by Gasteiger charge is 2.34. The van der Waals surface area contributed by atoms with Gasteiger partial charge >= 0.3 is 0 Å². The van der Waals surface area contributed by atoms with Crippen molar-refractivity contribution < 1.29 is 9.21 Å². The van der Waals surface area contributed by atoms with Gasteiger partial charge in [0, 0.05) is 48.8 Å². The van der Waals surface area contributed by atoms with Crippen LogP contribution in [0.5, 0.6) is 0 Å². The van der Waals surface area contributed by atoms with Crippen LogP contribution in [0.2, 0.25) is 0 Å². The van der Waals surface area contributed by atoms with E-state index in [1.165, 1.54) is 36.9 Å². The van der Waals surface area contributed by atoms with E-state index in [0.717, 1.165) is 24.4 Å². The van der Waals surface area contributed by atoms with E-state index in [2.05, 4.69) is 51.0 Å². The van der Waals surface area contributed by atoms with Crippen LogP contribution in [0.4, 0.5) is 0 Å². The number of carbonyl (C=O) groups is 1. The third-order valence-corrected chi connectivity index (χ3v) is 6.66. The number of furan rings is 1. The number of hydrogen-bond donors (Lipinski definition) is 1. The third-order valence-electron chi connectivity index (χ3n) is 6.66. The van der Waals surface area contributed by atoms with Gasteiger partial charge in [-0.3, -0.25) is 14.6 Å². The number of hydrogen-bond acceptors (Lipinski definition) is 4. The molecular formula is C24H30N4O2. The van der Waals surface area contributed by atoms with Gasteiger partial charge in [0.15, 0.2) is 0 Å². The lowest BCUT2D eigenvalue weighted by atomic mass is 10.1. The number of nitrogens with one attached hydrogen (secondary N) is 1. The Morgan fingerprint density at radius 2 is 2.10 bits per heavy atom. The van der Waals surface area contributed by atoms with Gasteiger partial charge in [-0.2, -0.15) is 0 Å². The topological polar surface area (TPSA) is 53.6 Å². The minimum absolute atomic E-state index is 0.00774. The van der Waals surface area contributed by atoms with Crippen LogP contribution in [0.3, 0.4) is 0 Å². The Bertz CT molecular complexity index is 1010. The fourth-order valence-corrected chi connectivity index (χ4v) is 5.08. The quantitative estimate of drug-likeness (QED) is 0.683. The molecule has 0 bridgehead atoms. The summed E-state index contributed by atoms with van der Waals surface area (Å²) >= 11 is 0. The molecular weight excluding hydrogens is 376 g/mol. The van der Waals surface area contributed by atoms with Crippen molar-refractivity contribution in [1.29, 1.82) is 0 Å². The molecule has 158 valence electrons. The highest BCUT2D eigenvalue weighted by molar-refractivity contribution is 5.86. The molecule has 2 saturated heterocycles. The fourth-order valence-electron chi connectivity index (χ4n) is 5.08. The first kappa shape index (κ1) is 19.4. The van der Waals surface area contributed by atoms with Crippen LogP contribution in [0.1, 0.15) is 31.1 Å². The van der Waals surface area contributed by atoms with Crippen molar-refractivity contribution in [3.8, 4) is 0 Å². The molecule has 2 atom stereocenters. The zero-order valence-corrected chi connectivity index (χ0v) is 17.6. The van der Waals surface area contributed by atoms with Gasteiger partial charge in [-0.25, -0.2) is 0 Å². The second-order valence-corrected chi connectivity index (χ2v) is 8.72. The Hall–Kier alpha value is -2.57. The number of nitrogens with zero attached hydrogens (tertiary/aromatic N) is 3. The Labute approximate surface area is 177 Å². The largest absolute Gasteiger partial charge is 0.467 e. The molecule has 1 unspecified atom stereocenters. The van der Waals surface area contributed by atoms with Crippen molar-refractivity contribution in [3.63, 3.8) is 0 Å². The number of para-hydroxylation sites is 1. The monoisotopic (exact) mass is 406 g/mol. The lowest BCUT2D eigenvalue weighted by Gasteiger charge is -2.42. The maximum Gasteiger partial charge on any atom is 0.240 e. The number of piperazine rings is 1. The van der Waals surface area contributed by atoms with E-state index in [9.17, 15) is 4.79 Å². The summed E-state index contributed by atoms with van der Waals surface area (Å²) in [4.78, 5) is 17.8. The lowest BCUT2D eigenvalue weighted by Crippen LogP contribution is -2.54. The second kappa shape index (κ2) is 8.28. The summed E-state index contributed by atoms with van der Waals surface area (Å²) in [5.74, 6) is 0.757. The van der Waals surface area contributed by atoms with E-state index in [1.54, 1.807) is 6.26 Å². The average Bonchev–Trinajstić information content (AvgIpc) is 3.48. The summed E-state index contributed by atoms with van der Waals surface area (Å²) < 4.78 is 7.38. The lowest BCUT2D eigenvalue weighted by molar-refractivity contribution is -0.121. The normalized spacial score (nSPS) is 22.4. The van der Waals surface area contributed by atoms with Crippen molar-refractivity contribution >= 4 is 16.8 Å². The molecule has 2 fully saturated rings. The molecule has 0 aliphatic carbocycles. The van der Waals surface area contributed by atoms with Crippen molar-refractivity contribution in [2.24, 2.45) is 0 Å². The van der Waals surface area contributed by atoms with E-state index < -0.39 is 0 Å². The molecule has 6 heteroatoms. The number of fused-ring (bicyclic) bond motifs is 2. The standard InChI is InChI=1S/C24H30N4O2/c1-18-13-26-10-4-6-20(26)16-27(18)14-19-15-28(23-9-3-2-8-22(19)23)17-24(29)25-12-21-7-5-11-30-21/h2-3,5,7-9,11,15,18,20H,4,6,10,12-14,16-17H2,1H3,(H,25,29)/t18-,20?/m1/s1. The van der Waals surface area contributed by atoms with Crippen LogP contribution in [0.15, 0.2) is 53.3 Å². The minimum atomic E-state index is -0.00774. The van der Waals surface area contributed by atoms with Crippen LogP contribution in [0.25, 0.3) is 10.9 Å². The van der Waals surface area contributed by atoms with Gasteiger partial charge in [-0.15, -0.1) is 0 Å². The van der Waals surface area contributed by atoms with Crippen LogP contribution >= 0.6 is 0 Å². The second-order valence-electron chi connectivity index (χ2n) is 8.72. The number of aromatic nitrogens is 1. The van der Waals surface area contributed by atoms with Gasteiger partial charge in [0.2, 0.25) is 5.91 Å². The van der Waals surface area contributed by atoms with Crippen LogP contribution in [0, 0.1) is 0 Å². The molecule has 6 nitrogen and oxygen atoms in total. The van der Waals surface area contributed by atoms with Gasteiger partial charge in [0.25, 0.3) is 0 Å². The molecule has 2 aliphatic rings. The summed E-state index contributed by atoms with van der Waals surface area (Å²) in [7, 11) is 0. The van der Waals surface area contributed by atoms with E-state index in [0.29, 0.717) is 25.2 Å². The molecule has 30 heavy (non-hydrogen) atoms. The maximum absolute atomic E-state index is 12.5. The molecule has 1 amide bonds. The van der Waals surface area contributed by atoms with Crippen molar-refractivity contribution in [2.45, 2.75) is 51.5 Å². The minimum Gasteiger partial charge on any atom is -0.467 e. The smallest absolute Gasteiger partial charge is 0.240 e. The molecule has 5 rings (SSSR count). The number of amides is 1. The summed E-state index contributed by atoms with van der Waals surface area (Å²) in [6, 6.07) is 13.4. The molecule has 0 saturated carbocycles. The molecule has 2 aliphatic heterocycles. The molecule has 2 aromatic heterocycles. The van der Waals surface area contributed by atoms with Gasteiger partial charge in [-0.05, 0) is 50.1 Å². The zero-order chi connectivity index (χ0) is 20.5. The third kappa shape index (κ3) is 3.89. The first-order chi connectivity index (χ1) is 14.7. The van der Waals surface area contributed by atoms with E-state index in [-0.39, 0.29) is 5.91 Å². The van der Waals surface area contributed by atoms with Gasteiger partial charge < -0.3 is 14.3 Å². The predicted molar refractivity (Wildman–Crippen MR) is 117 cm³/mol. The maximum atomic E-state index is 12.5. The van der Waals surface area contributed by atoms with Gasteiger partial charge in [0.1, 0.15) is 12.3 Å². The van der Waals surface area contributed by atoms with Crippen molar-refractivity contribution in [3.05, 3.63) is 60.2 Å². The highest BCUT2D eigenvalue weighted by atomic mass is 16.3. The molecule has 3 aromatic rings. The van der Waals surface area contributed by atoms with Gasteiger partial charge in [0.05, 0.1) is 12.8 Å². The Balaban J connectivity index is 1.31. The Morgan fingerprint density at radius 1 is 1.20 bits per heavy atom. The molecule has 0 radical (unpaired) electrons. The van der Waals surface area contributed by atoms with Crippen molar-refractivity contribution in [1.82, 2.24) is 19.7 Å². The summed E-state index contributed by atoms with van der Waals surface area (Å²) in [5.41, 5.74) is 2.43. The molecule has 4 heterocycles. The average molecular weight is 407 g/mol. The number of rotatable bonds is 6. The molecule has 1 N–H and O–H groups in total. The summed E-state index contributed by atoms with van der Waals surface area (Å²) in [6.45, 7) is 7.58. The van der Waals surface area contributed by atoms with Crippen LogP contribution < -0.4 is 5.32 Å². The number of benzene rings is 1. The van der Waals surface area contributed by atoms with Crippen LogP contribution in [-0.4, -0.2) is 52.0 Å². The Morgan fingerprint density at radius 3 is 2.97 bits per heavy atom. The fraction of sp³-hybridized carbons (Fsp3) is 0.458. The highest BCUT2D eigenvalue weighted by Crippen LogP contribution is 2.28. The van der Waals surface area contributed by atoms with Crippen LogP contribution in [-0.2, 0) is 24.4 Å². The van der Waals surface area contributed by atoms with E-state index in [4.69, 9.17) is 4.42 Å². The molecule has 0 spiro atoms. The first-order valence-corrected chi connectivity index (χ1v) is 11.0. The Kier molecular flexibility index (Phi) is 5.35. The number of carbonyl (C=O) groups excluding carboxylic acids is 1. The zero-order valence-electron chi connectivity index (χ0n) is 17.6. The first-order valence-electron chi connectivity index (χ1n) is 11.0. The van der Waals surface area contributed by atoms with Crippen molar-refractivity contribution in [2.75, 3.05) is 19.6 Å². The SMILES string of the molecule is C[C@@H]1CN2CCCC2CN1Cc1cn(CC(=O)NCc2ccco2)c2ccccc12. The van der Waals surface area contributed by atoms with E-state index >= 15 is 0 Å². The summed E-state index contributed by atoms with van der Waals surface area (Å²) in [5, 5.41) is 4.20. The molecule has 1 aromatic carbocycles.